The lowest BCUT2D eigenvalue weighted by molar-refractivity contribution is -0.136. The first kappa shape index (κ1) is 12.0. The SMILES string of the molecule is C#CCN1CCN(C(=O)C(C)CN)CC1. The van der Waals surface area contributed by atoms with Crippen LogP contribution in [-0.2, 0) is 4.79 Å². The zero-order valence-electron chi connectivity index (χ0n) is 9.28. The summed E-state index contributed by atoms with van der Waals surface area (Å²) in [6.45, 7) is 6.24. The van der Waals surface area contributed by atoms with Crippen molar-refractivity contribution >= 4 is 5.91 Å². The van der Waals surface area contributed by atoms with E-state index in [-0.39, 0.29) is 11.8 Å². The maximum atomic E-state index is 11.8. The molecule has 4 heteroatoms. The monoisotopic (exact) mass is 209 g/mol. The number of hydrogen-bond donors (Lipinski definition) is 1. The number of nitrogens with two attached hydrogens (primary N) is 1. The molecule has 1 aliphatic rings. The van der Waals surface area contributed by atoms with E-state index in [0.717, 1.165) is 26.2 Å². The Balaban J connectivity index is 2.37. The number of carbonyl (C=O) groups is 1. The molecule has 0 aromatic rings. The van der Waals surface area contributed by atoms with Crippen LogP contribution in [0.1, 0.15) is 6.92 Å². The fraction of sp³-hybridized carbons (Fsp3) is 0.727. The van der Waals surface area contributed by atoms with Gasteiger partial charge >= 0.3 is 0 Å². The summed E-state index contributed by atoms with van der Waals surface area (Å²) in [5.41, 5.74) is 5.47. The van der Waals surface area contributed by atoms with Crippen LogP contribution >= 0.6 is 0 Å². The summed E-state index contributed by atoms with van der Waals surface area (Å²) >= 11 is 0. The van der Waals surface area contributed by atoms with Gasteiger partial charge in [-0.1, -0.05) is 12.8 Å². The fourth-order valence-corrected chi connectivity index (χ4v) is 1.67. The van der Waals surface area contributed by atoms with Crippen LogP contribution in [0.15, 0.2) is 0 Å². The van der Waals surface area contributed by atoms with Crippen LogP contribution in [0.3, 0.4) is 0 Å². The number of carbonyl (C=O) groups excluding carboxylic acids is 1. The molecular weight excluding hydrogens is 190 g/mol. The number of amides is 1. The van der Waals surface area contributed by atoms with Crippen molar-refractivity contribution < 1.29 is 4.79 Å². The van der Waals surface area contributed by atoms with Gasteiger partial charge in [-0.2, -0.15) is 0 Å². The third-order valence-electron chi connectivity index (χ3n) is 2.77. The van der Waals surface area contributed by atoms with E-state index in [1.54, 1.807) is 0 Å². The Morgan fingerprint density at radius 2 is 2.07 bits per heavy atom. The number of nitrogens with zero attached hydrogens (tertiary/aromatic N) is 2. The molecule has 1 aliphatic heterocycles. The van der Waals surface area contributed by atoms with Gasteiger partial charge in [-0.15, -0.1) is 6.42 Å². The van der Waals surface area contributed by atoms with Crippen LogP contribution in [-0.4, -0.2) is 55.0 Å². The molecule has 84 valence electrons. The lowest BCUT2D eigenvalue weighted by Gasteiger charge is -2.34. The van der Waals surface area contributed by atoms with E-state index in [4.69, 9.17) is 12.2 Å². The molecule has 2 N–H and O–H groups in total. The Kier molecular flexibility index (Phi) is 4.60. The molecule has 1 heterocycles. The predicted octanol–water partition coefficient (Wildman–Crippen LogP) is -0.641. The summed E-state index contributed by atoms with van der Waals surface area (Å²) in [6, 6.07) is 0. The zero-order chi connectivity index (χ0) is 11.3. The number of hydrogen-bond acceptors (Lipinski definition) is 3. The summed E-state index contributed by atoms with van der Waals surface area (Å²) in [6.07, 6.45) is 5.23. The normalized spacial score (nSPS) is 19.7. The van der Waals surface area contributed by atoms with Gasteiger partial charge < -0.3 is 10.6 Å². The van der Waals surface area contributed by atoms with E-state index in [1.807, 2.05) is 11.8 Å². The van der Waals surface area contributed by atoms with Gasteiger partial charge in [-0.05, 0) is 0 Å². The highest BCUT2D eigenvalue weighted by Gasteiger charge is 2.23. The summed E-state index contributed by atoms with van der Waals surface area (Å²) in [7, 11) is 0. The highest BCUT2D eigenvalue weighted by Crippen LogP contribution is 2.06. The zero-order valence-corrected chi connectivity index (χ0v) is 9.28. The molecule has 0 radical (unpaired) electrons. The molecule has 1 amide bonds. The van der Waals surface area contributed by atoms with E-state index in [2.05, 4.69) is 10.8 Å². The predicted molar refractivity (Wildman–Crippen MR) is 60.1 cm³/mol. The second-order valence-electron chi connectivity index (χ2n) is 3.94. The first-order valence-corrected chi connectivity index (χ1v) is 5.33. The Bertz CT molecular complexity index is 251. The molecule has 15 heavy (non-hydrogen) atoms. The molecule has 4 nitrogen and oxygen atoms in total. The highest BCUT2D eigenvalue weighted by molar-refractivity contribution is 5.78. The number of terminal acetylenes is 1. The fourth-order valence-electron chi connectivity index (χ4n) is 1.67. The van der Waals surface area contributed by atoms with Gasteiger partial charge in [-0.3, -0.25) is 9.69 Å². The maximum Gasteiger partial charge on any atom is 0.226 e. The van der Waals surface area contributed by atoms with Crippen LogP contribution in [0, 0.1) is 18.3 Å². The lowest BCUT2D eigenvalue weighted by atomic mass is 10.1. The minimum Gasteiger partial charge on any atom is -0.340 e. The van der Waals surface area contributed by atoms with Crippen LogP contribution in [0.5, 0.6) is 0 Å². The van der Waals surface area contributed by atoms with E-state index in [1.165, 1.54) is 0 Å². The number of piperazine rings is 1. The van der Waals surface area contributed by atoms with Crippen LogP contribution in [0.2, 0.25) is 0 Å². The van der Waals surface area contributed by atoms with Gasteiger partial charge in [0.25, 0.3) is 0 Å². The molecule has 0 aromatic carbocycles. The van der Waals surface area contributed by atoms with Gasteiger partial charge in [0.15, 0.2) is 0 Å². The van der Waals surface area contributed by atoms with Gasteiger partial charge in [0.2, 0.25) is 5.91 Å². The Morgan fingerprint density at radius 1 is 1.47 bits per heavy atom. The molecule has 0 aromatic heterocycles. The van der Waals surface area contributed by atoms with Crippen molar-refractivity contribution in [2.24, 2.45) is 11.7 Å². The first-order valence-electron chi connectivity index (χ1n) is 5.33. The summed E-state index contributed by atoms with van der Waals surface area (Å²) in [5.74, 6) is 2.72. The third kappa shape index (κ3) is 3.22. The van der Waals surface area contributed by atoms with Crippen LogP contribution < -0.4 is 5.73 Å². The second kappa shape index (κ2) is 5.74. The molecule has 1 fully saturated rings. The minimum absolute atomic E-state index is 0.0656. The van der Waals surface area contributed by atoms with E-state index in [0.29, 0.717) is 13.1 Å². The summed E-state index contributed by atoms with van der Waals surface area (Å²) in [5, 5.41) is 0. The molecule has 0 aliphatic carbocycles. The molecule has 0 spiro atoms. The van der Waals surface area contributed by atoms with Crippen molar-refractivity contribution in [1.29, 1.82) is 0 Å². The van der Waals surface area contributed by atoms with E-state index >= 15 is 0 Å². The van der Waals surface area contributed by atoms with Crippen molar-refractivity contribution in [3.8, 4) is 12.3 Å². The van der Waals surface area contributed by atoms with Gasteiger partial charge in [0, 0.05) is 38.6 Å². The molecule has 1 saturated heterocycles. The Morgan fingerprint density at radius 3 is 2.53 bits per heavy atom. The van der Waals surface area contributed by atoms with Crippen LogP contribution in [0.25, 0.3) is 0 Å². The van der Waals surface area contributed by atoms with Crippen molar-refractivity contribution in [2.45, 2.75) is 6.92 Å². The standard InChI is InChI=1S/C11H19N3O/c1-3-4-13-5-7-14(8-6-13)11(15)10(2)9-12/h1,10H,4-9,12H2,2H3. The van der Waals surface area contributed by atoms with Gasteiger partial charge in [0.05, 0.1) is 6.54 Å². The average Bonchev–Trinajstić information content (AvgIpc) is 2.28. The Hall–Kier alpha value is -1.05. The van der Waals surface area contributed by atoms with Crippen LogP contribution in [0.4, 0.5) is 0 Å². The average molecular weight is 209 g/mol. The molecule has 1 rings (SSSR count). The lowest BCUT2D eigenvalue weighted by Crippen LogP contribution is -2.50. The largest absolute Gasteiger partial charge is 0.340 e. The Labute approximate surface area is 91.4 Å². The summed E-state index contributed by atoms with van der Waals surface area (Å²) in [4.78, 5) is 15.8. The first-order chi connectivity index (χ1) is 7.19. The number of rotatable bonds is 3. The molecule has 1 unspecified atom stereocenters. The van der Waals surface area contributed by atoms with Gasteiger partial charge in [-0.25, -0.2) is 0 Å². The highest BCUT2D eigenvalue weighted by atomic mass is 16.2. The van der Waals surface area contributed by atoms with Crippen molar-refractivity contribution in [3.63, 3.8) is 0 Å². The third-order valence-corrected chi connectivity index (χ3v) is 2.77. The van der Waals surface area contributed by atoms with E-state index in [9.17, 15) is 4.79 Å². The van der Waals surface area contributed by atoms with Crippen molar-refractivity contribution in [1.82, 2.24) is 9.80 Å². The molecular formula is C11H19N3O. The molecule has 0 bridgehead atoms. The van der Waals surface area contributed by atoms with Crippen molar-refractivity contribution in [3.05, 3.63) is 0 Å². The molecule has 1 atom stereocenters. The topological polar surface area (TPSA) is 49.6 Å². The maximum absolute atomic E-state index is 11.8. The summed E-state index contributed by atoms with van der Waals surface area (Å²) < 4.78 is 0. The quantitative estimate of drug-likeness (QED) is 0.629. The van der Waals surface area contributed by atoms with E-state index < -0.39 is 0 Å². The molecule has 0 saturated carbocycles. The minimum atomic E-state index is -0.0656. The van der Waals surface area contributed by atoms with Gasteiger partial charge in [0.1, 0.15) is 0 Å². The second-order valence-corrected chi connectivity index (χ2v) is 3.94. The smallest absolute Gasteiger partial charge is 0.226 e. The van der Waals surface area contributed by atoms with Crippen molar-refractivity contribution in [2.75, 3.05) is 39.3 Å².